The number of rotatable bonds is 7. The number of anilines is 2. The number of benzene rings is 2. The minimum atomic E-state index is -3.77. The van der Waals surface area contributed by atoms with E-state index in [9.17, 15) is 18.0 Å². The predicted molar refractivity (Wildman–Crippen MR) is 122 cm³/mol. The minimum Gasteiger partial charge on any atom is -0.483 e. The number of ketones is 1. The van der Waals surface area contributed by atoms with Gasteiger partial charge in [-0.15, -0.1) is 11.3 Å². The van der Waals surface area contributed by atoms with Crippen molar-refractivity contribution in [2.45, 2.75) is 31.1 Å². The highest BCUT2D eigenvalue weighted by Crippen LogP contribution is 2.40. The first kappa shape index (κ1) is 22.0. The molecule has 10 heteroatoms. The van der Waals surface area contributed by atoms with E-state index in [1.807, 2.05) is 19.9 Å². The lowest BCUT2D eigenvalue weighted by molar-refractivity contribution is -0.118. The lowest BCUT2D eigenvalue weighted by atomic mass is 9.97. The van der Waals surface area contributed by atoms with Crippen LogP contribution in [0, 0.1) is 6.92 Å². The van der Waals surface area contributed by atoms with Crippen molar-refractivity contribution < 1.29 is 22.7 Å². The number of aryl methyl sites for hydroxylation is 1. The molecular formula is C22H21N3O5S2. The summed E-state index contributed by atoms with van der Waals surface area (Å²) in [5.74, 6) is 0.142. The molecule has 1 aliphatic rings. The van der Waals surface area contributed by atoms with Crippen LogP contribution in [0.3, 0.4) is 0 Å². The van der Waals surface area contributed by atoms with E-state index in [4.69, 9.17) is 4.74 Å². The van der Waals surface area contributed by atoms with Gasteiger partial charge in [-0.1, -0.05) is 13.0 Å². The normalized spacial score (nSPS) is 15.3. The highest BCUT2D eigenvalue weighted by Gasteiger charge is 2.31. The molecule has 0 saturated carbocycles. The Balaban J connectivity index is 1.39. The van der Waals surface area contributed by atoms with Gasteiger partial charge in [-0.25, -0.2) is 13.4 Å². The van der Waals surface area contributed by atoms with Crippen LogP contribution in [0.5, 0.6) is 5.75 Å². The molecule has 0 radical (unpaired) electrons. The van der Waals surface area contributed by atoms with E-state index in [1.165, 1.54) is 41.8 Å². The van der Waals surface area contributed by atoms with Gasteiger partial charge < -0.3 is 10.1 Å². The summed E-state index contributed by atoms with van der Waals surface area (Å²) in [5, 5.41) is 4.60. The van der Waals surface area contributed by atoms with Gasteiger partial charge in [-0.05, 0) is 54.3 Å². The summed E-state index contributed by atoms with van der Waals surface area (Å²) in [6.07, 6.45) is 1.94. The first-order valence-corrected chi connectivity index (χ1v) is 12.2. The largest absolute Gasteiger partial charge is 0.483 e. The molecule has 1 amide bonds. The lowest BCUT2D eigenvalue weighted by Gasteiger charge is -2.13. The van der Waals surface area contributed by atoms with Gasteiger partial charge in [-0.2, -0.15) is 0 Å². The van der Waals surface area contributed by atoms with Crippen LogP contribution in [-0.4, -0.2) is 31.7 Å². The quantitative estimate of drug-likeness (QED) is 0.539. The van der Waals surface area contributed by atoms with Gasteiger partial charge in [0, 0.05) is 23.7 Å². The number of carbonyl (C=O) groups is 2. The molecule has 1 aromatic heterocycles. The first-order chi connectivity index (χ1) is 15.2. The number of nitrogens with zero attached hydrogens (tertiary/aromatic N) is 1. The molecule has 2 N–H and O–H groups in total. The Labute approximate surface area is 189 Å². The zero-order valence-electron chi connectivity index (χ0n) is 17.4. The van der Waals surface area contributed by atoms with E-state index in [2.05, 4.69) is 15.0 Å². The maximum atomic E-state index is 12.4. The summed E-state index contributed by atoms with van der Waals surface area (Å²) in [6, 6.07) is 9.36. The summed E-state index contributed by atoms with van der Waals surface area (Å²) >= 11 is 1.17. The Morgan fingerprint density at radius 2 is 1.97 bits per heavy atom. The molecule has 1 aliphatic carbocycles. The number of amides is 1. The fourth-order valence-electron chi connectivity index (χ4n) is 3.73. The molecule has 166 valence electrons. The third-order valence-corrected chi connectivity index (χ3v) is 7.32. The van der Waals surface area contributed by atoms with Gasteiger partial charge in [0.15, 0.2) is 17.5 Å². The number of aromatic nitrogens is 1. The number of nitrogens with one attached hydrogen (secondary N) is 2. The molecule has 0 spiro atoms. The average molecular weight is 472 g/mol. The van der Waals surface area contributed by atoms with E-state index in [0.717, 1.165) is 11.1 Å². The lowest BCUT2D eigenvalue weighted by Crippen LogP contribution is -2.21. The van der Waals surface area contributed by atoms with Crippen molar-refractivity contribution in [1.29, 1.82) is 0 Å². The molecule has 0 saturated heterocycles. The van der Waals surface area contributed by atoms with Crippen LogP contribution >= 0.6 is 11.3 Å². The highest BCUT2D eigenvalue weighted by molar-refractivity contribution is 7.93. The molecule has 2 aromatic carbocycles. The van der Waals surface area contributed by atoms with Crippen LogP contribution in [0.2, 0.25) is 0 Å². The van der Waals surface area contributed by atoms with Crippen molar-refractivity contribution in [3.05, 3.63) is 64.7 Å². The van der Waals surface area contributed by atoms with E-state index >= 15 is 0 Å². The topological polar surface area (TPSA) is 114 Å². The molecule has 0 bridgehead atoms. The fraction of sp³-hybridized carbons (Fsp3) is 0.227. The molecule has 32 heavy (non-hydrogen) atoms. The number of sulfonamides is 1. The summed E-state index contributed by atoms with van der Waals surface area (Å²) in [6.45, 7) is 3.69. The molecule has 3 aromatic rings. The van der Waals surface area contributed by atoms with Crippen molar-refractivity contribution in [1.82, 2.24) is 4.98 Å². The van der Waals surface area contributed by atoms with Gasteiger partial charge in [0.25, 0.3) is 15.9 Å². The number of hydrogen-bond acceptors (Lipinski definition) is 7. The Morgan fingerprint density at radius 3 is 2.66 bits per heavy atom. The molecule has 8 nitrogen and oxygen atoms in total. The molecule has 1 atom stereocenters. The molecule has 0 unspecified atom stereocenters. The van der Waals surface area contributed by atoms with Crippen molar-refractivity contribution in [2.75, 3.05) is 16.6 Å². The first-order valence-electron chi connectivity index (χ1n) is 9.86. The van der Waals surface area contributed by atoms with Crippen molar-refractivity contribution >= 4 is 43.9 Å². The van der Waals surface area contributed by atoms with E-state index in [0.29, 0.717) is 23.4 Å². The summed E-state index contributed by atoms with van der Waals surface area (Å²) in [7, 11) is -3.77. The van der Waals surface area contributed by atoms with Crippen LogP contribution in [0.15, 0.2) is 52.9 Å². The number of fused-ring (bicyclic) bond motifs is 1. The van der Waals surface area contributed by atoms with Crippen molar-refractivity contribution in [3.8, 4) is 5.75 Å². The second kappa shape index (κ2) is 8.71. The van der Waals surface area contributed by atoms with E-state index in [-0.39, 0.29) is 28.3 Å². The minimum absolute atomic E-state index is 0.0229. The number of Topliss-reactive ketones (excluding diaryl/α,β-unsaturated/α-hetero) is 1. The fourth-order valence-corrected chi connectivity index (χ4v) is 5.52. The van der Waals surface area contributed by atoms with Crippen LogP contribution in [-0.2, 0) is 14.8 Å². The smallest absolute Gasteiger partial charge is 0.263 e. The number of ether oxygens (including phenoxy) is 1. The van der Waals surface area contributed by atoms with Crippen LogP contribution < -0.4 is 14.8 Å². The maximum Gasteiger partial charge on any atom is 0.263 e. The molecule has 4 rings (SSSR count). The molecule has 0 aliphatic heterocycles. The Morgan fingerprint density at radius 1 is 1.22 bits per heavy atom. The average Bonchev–Trinajstić information content (AvgIpc) is 3.35. The summed E-state index contributed by atoms with van der Waals surface area (Å²) < 4.78 is 32.8. The third kappa shape index (κ3) is 4.51. The second-order valence-corrected chi connectivity index (χ2v) is 10.1. The monoisotopic (exact) mass is 471 g/mol. The van der Waals surface area contributed by atoms with Crippen molar-refractivity contribution in [3.63, 3.8) is 0 Å². The Bertz CT molecular complexity index is 1270. The van der Waals surface area contributed by atoms with Gasteiger partial charge in [0.2, 0.25) is 0 Å². The van der Waals surface area contributed by atoms with Gasteiger partial charge in [0.1, 0.15) is 5.75 Å². The van der Waals surface area contributed by atoms with E-state index < -0.39 is 15.9 Å². The molecule has 1 heterocycles. The standard InChI is InChI=1S/C22H21N3O5S2/c1-13-3-8-18(21-17(26)11-14(2)20(13)21)30-12-19(27)24-15-4-6-16(7-5-15)32(28,29)25-22-23-9-10-31-22/h3-10,14H,11-12H2,1-2H3,(H,23,25)(H,24,27)/t14-/m1/s1. The highest BCUT2D eigenvalue weighted by atomic mass is 32.2. The van der Waals surface area contributed by atoms with Crippen LogP contribution in [0.4, 0.5) is 10.8 Å². The number of hydrogen-bond donors (Lipinski definition) is 2. The maximum absolute atomic E-state index is 12.4. The van der Waals surface area contributed by atoms with Crippen LogP contribution in [0.1, 0.15) is 40.7 Å². The van der Waals surface area contributed by atoms with Gasteiger partial charge in [0.05, 0.1) is 10.5 Å². The van der Waals surface area contributed by atoms with Gasteiger partial charge >= 0.3 is 0 Å². The SMILES string of the molecule is Cc1ccc(OCC(=O)Nc2ccc(S(=O)(=O)Nc3nccs3)cc2)c2c1[C@H](C)CC2=O. The summed E-state index contributed by atoms with van der Waals surface area (Å²) in [5.41, 5.74) is 3.00. The predicted octanol–water partition coefficient (Wildman–Crippen LogP) is 3.96. The molecule has 0 fully saturated rings. The van der Waals surface area contributed by atoms with Gasteiger partial charge in [-0.3, -0.25) is 14.3 Å². The Hall–Kier alpha value is -3.24. The zero-order chi connectivity index (χ0) is 22.9. The third-order valence-electron chi connectivity index (χ3n) is 5.15. The number of thiazole rings is 1. The van der Waals surface area contributed by atoms with E-state index in [1.54, 1.807) is 11.4 Å². The summed E-state index contributed by atoms with van der Waals surface area (Å²) in [4.78, 5) is 28.6. The van der Waals surface area contributed by atoms with Crippen LogP contribution in [0.25, 0.3) is 0 Å². The zero-order valence-corrected chi connectivity index (χ0v) is 19.0. The van der Waals surface area contributed by atoms with Crippen molar-refractivity contribution in [2.24, 2.45) is 0 Å². The molecular weight excluding hydrogens is 450 g/mol. The second-order valence-electron chi connectivity index (χ2n) is 7.50. The number of carbonyl (C=O) groups excluding carboxylic acids is 2. The Kier molecular flexibility index (Phi) is 5.98.